The number of imide groups is 1. The molecule has 2 aromatic rings. The molecule has 2 N–H and O–H groups in total. The molecule has 1 fully saturated rings. The van der Waals surface area contributed by atoms with Gasteiger partial charge in [0, 0.05) is 0 Å². The van der Waals surface area contributed by atoms with E-state index in [1.807, 2.05) is 18.2 Å². The lowest BCUT2D eigenvalue weighted by Gasteiger charge is -2.15. The molecule has 1 aliphatic rings. The minimum atomic E-state index is -1.06. The highest BCUT2D eigenvalue weighted by Crippen LogP contribution is 2.17. The van der Waals surface area contributed by atoms with Gasteiger partial charge < -0.3 is 15.2 Å². The molecule has 28 heavy (non-hydrogen) atoms. The maximum absolute atomic E-state index is 12.4. The Morgan fingerprint density at radius 1 is 1.04 bits per heavy atom. The van der Waals surface area contributed by atoms with Gasteiger partial charge >= 0.3 is 12.1 Å². The lowest BCUT2D eigenvalue weighted by Crippen LogP contribution is -2.41. The molecule has 1 atom stereocenters. The number of amides is 3. The molecule has 144 valence electrons. The quantitative estimate of drug-likeness (QED) is 0.738. The number of alkyl carbamates (subject to hydrolysis) is 1. The SMILES string of the molecule is O=C(NC1CC(=O)N(Cc2ccc(C(=O)O)cc2)C1=O)OCc1ccccc1. The van der Waals surface area contributed by atoms with Gasteiger partial charge in [0.1, 0.15) is 12.6 Å². The van der Waals surface area contributed by atoms with Crippen LogP contribution in [0.2, 0.25) is 0 Å². The van der Waals surface area contributed by atoms with Crippen LogP contribution in [-0.4, -0.2) is 39.9 Å². The summed E-state index contributed by atoms with van der Waals surface area (Å²) >= 11 is 0. The first-order chi connectivity index (χ1) is 13.4. The molecule has 0 aliphatic carbocycles. The molecule has 2 aromatic carbocycles. The molecule has 1 unspecified atom stereocenters. The van der Waals surface area contributed by atoms with E-state index in [1.54, 1.807) is 24.3 Å². The molecule has 3 amide bonds. The maximum atomic E-state index is 12.4. The molecule has 8 nitrogen and oxygen atoms in total. The Morgan fingerprint density at radius 2 is 1.71 bits per heavy atom. The maximum Gasteiger partial charge on any atom is 0.408 e. The Hall–Kier alpha value is -3.68. The summed E-state index contributed by atoms with van der Waals surface area (Å²) < 4.78 is 5.07. The van der Waals surface area contributed by atoms with Crippen LogP contribution in [0, 0.1) is 0 Å². The molecular formula is C20H18N2O6. The Bertz CT molecular complexity index is 895. The summed E-state index contributed by atoms with van der Waals surface area (Å²) in [6.07, 6.45) is -0.922. The molecule has 1 saturated heterocycles. The zero-order valence-corrected chi connectivity index (χ0v) is 14.8. The lowest BCUT2D eigenvalue weighted by molar-refractivity contribution is -0.139. The summed E-state index contributed by atoms with van der Waals surface area (Å²) in [7, 11) is 0. The van der Waals surface area contributed by atoms with Crippen LogP contribution in [0.5, 0.6) is 0 Å². The van der Waals surface area contributed by atoms with E-state index in [4.69, 9.17) is 9.84 Å². The van der Waals surface area contributed by atoms with Gasteiger partial charge in [-0.15, -0.1) is 0 Å². The van der Waals surface area contributed by atoms with Gasteiger partial charge in [-0.3, -0.25) is 14.5 Å². The second-order valence-corrected chi connectivity index (χ2v) is 6.28. The van der Waals surface area contributed by atoms with E-state index in [0.717, 1.165) is 10.5 Å². The minimum Gasteiger partial charge on any atom is -0.478 e. The Kier molecular flexibility index (Phi) is 5.69. The van der Waals surface area contributed by atoms with Crippen molar-refractivity contribution in [1.29, 1.82) is 0 Å². The standard InChI is InChI=1S/C20H18N2O6/c23-17-10-16(21-20(27)28-12-14-4-2-1-3-5-14)18(24)22(17)11-13-6-8-15(9-7-13)19(25)26/h1-9,16H,10-12H2,(H,21,27)(H,25,26). The topological polar surface area (TPSA) is 113 Å². The summed E-state index contributed by atoms with van der Waals surface area (Å²) in [5.74, 6) is -2.00. The number of ether oxygens (including phenoxy) is 1. The van der Waals surface area contributed by atoms with Crippen molar-refractivity contribution in [2.24, 2.45) is 0 Å². The number of nitrogens with zero attached hydrogens (tertiary/aromatic N) is 1. The highest BCUT2D eigenvalue weighted by atomic mass is 16.5. The van der Waals surface area contributed by atoms with Crippen molar-refractivity contribution >= 4 is 23.9 Å². The van der Waals surface area contributed by atoms with E-state index in [2.05, 4.69) is 5.32 Å². The number of likely N-dealkylation sites (tertiary alicyclic amines) is 1. The Labute approximate surface area is 160 Å². The Morgan fingerprint density at radius 3 is 2.36 bits per heavy atom. The number of carbonyl (C=O) groups is 4. The van der Waals surface area contributed by atoms with E-state index in [1.165, 1.54) is 12.1 Å². The molecule has 0 radical (unpaired) electrons. The fraction of sp³-hybridized carbons (Fsp3) is 0.200. The molecule has 0 spiro atoms. The van der Waals surface area contributed by atoms with Crippen molar-refractivity contribution in [3.63, 3.8) is 0 Å². The molecule has 8 heteroatoms. The first kappa shape index (κ1) is 19.1. The van der Waals surface area contributed by atoms with Gasteiger partial charge in [-0.05, 0) is 23.3 Å². The van der Waals surface area contributed by atoms with Crippen LogP contribution in [0.3, 0.4) is 0 Å². The number of carbonyl (C=O) groups excluding carboxylic acids is 3. The zero-order valence-electron chi connectivity index (χ0n) is 14.8. The predicted molar refractivity (Wildman–Crippen MR) is 97.1 cm³/mol. The number of hydrogen-bond acceptors (Lipinski definition) is 5. The van der Waals surface area contributed by atoms with Crippen molar-refractivity contribution in [2.45, 2.75) is 25.6 Å². The van der Waals surface area contributed by atoms with Gasteiger partial charge in [-0.1, -0.05) is 42.5 Å². The summed E-state index contributed by atoms with van der Waals surface area (Å²) in [5, 5.41) is 11.3. The number of hydrogen-bond donors (Lipinski definition) is 2. The van der Waals surface area contributed by atoms with Crippen LogP contribution in [0.1, 0.15) is 27.9 Å². The summed E-state index contributed by atoms with van der Waals surface area (Å²) in [6.45, 7) is 0.0655. The molecule has 1 aliphatic heterocycles. The third-order valence-corrected chi connectivity index (χ3v) is 4.29. The van der Waals surface area contributed by atoms with Gasteiger partial charge in [0.15, 0.2) is 0 Å². The van der Waals surface area contributed by atoms with Gasteiger partial charge in [0.05, 0.1) is 18.5 Å². The molecule has 0 saturated carbocycles. The van der Waals surface area contributed by atoms with Crippen LogP contribution in [0.25, 0.3) is 0 Å². The van der Waals surface area contributed by atoms with Crippen molar-refractivity contribution in [3.05, 3.63) is 71.3 Å². The molecule has 0 aromatic heterocycles. The number of nitrogens with one attached hydrogen (secondary N) is 1. The number of benzene rings is 2. The summed E-state index contributed by atoms with van der Waals surface area (Å²) in [4.78, 5) is 48.4. The number of rotatable bonds is 6. The van der Waals surface area contributed by atoms with Crippen molar-refractivity contribution in [1.82, 2.24) is 10.2 Å². The smallest absolute Gasteiger partial charge is 0.408 e. The normalized spacial score (nSPS) is 16.1. The van der Waals surface area contributed by atoms with E-state index in [-0.39, 0.29) is 25.1 Å². The average molecular weight is 382 g/mol. The lowest BCUT2D eigenvalue weighted by atomic mass is 10.1. The summed E-state index contributed by atoms with van der Waals surface area (Å²) in [5.41, 5.74) is 1.53. The van der Waals surface area contributed by atoms with E-state index in [0.29, 0.717) is 5.56 Å². The van der Waals surface area contributed by atoms with Gasteiger partial charge in [0.25, 0.3) is 5.91 Å². The third kappa shape index (κ3) is 4.53. The molecular weight excluding hydrogens is 364 g/mol. The van der Waals surface area contributed by atoms with Crippen LogP contribution in [0.4, 0.5) is 4.79 Å². The highest BCUT2D eigenvalue weighted by Gasteiger charge is 2.39. The molecule has 1 heterocycles. The van der Waals surface area contributed by atoms with Crippen molar-refractivity contribution < 1.29 is 29.0 Å². The van der Waals surface area contributed by atoms with E-state index >= 15 is 0 Å². The number of aromatic carboxylic acids is 1. The molecule has 0 bridgehead atoms. The number of carboxylic acid groups (broad SMARTS) is 1. The monoisotopic (exact) mass is 382 g/mol. The van der Waals surface area contributed by atoms with Crippen LogP contribution in [0.15, 0.2) is 54.6 Å². The van der Waals surface area contributed by atoms with E-state index < -0.39 is 29.9 Å². The number of carboxylic acids is 1. The Balaban J connectivity index is 1.55. The van der Waals surface area contributed by atoms with Crippen molar-refractivity contribution in [2.75, 3.05) is 0 Å². The second-order valence-electron chi connectivity index (χ2n) is 6.28. The van der Waals surface area contributed by atoms with Crippen LogP contribution < -0.4 is 5.32 Å². The predicted octanol–water partition coefficient (Wildman–Crippen LogP) is 1.94. The fourth-order valence-electron chi connectivity index (χ4n) is 2.80. The van der Waals surface area contributed by atoms with Gasteiger partial charge in [-0.2, -0.15) is 0 Å². The first-order valence-electron chi connectivity index (χ1n) is 8.57. The van der Waals surface area contributed by atoms with Gasteiger partial charge in [0.2, 0.25) is 5.91 Å². The first-order valence-corrected chi connectivity index (χ1v) is 8.57. The van der Waals surface area contributed by atoms with Crippen LogP contribution in [-0.2, 0) is 27.5 Å². The third-order valence-electron chi connectivity index (χ3n) is 4.29. The van der Waals surface area contributed by atoms with Gasteiger partial charge in [-0.25, -0.2) is 9.59 Å². The summed E-state index contributed by atoms with van der Waals surface area (Å²) in [6, 6.07) is 14.0. The van der Waals surface area contributed by atoms with Crippen molar-refractivity contribution in [3.8, 4) is 0 Å². The highest BCUT2D eigenvalue weighted by molar-refractivity contribution is 6.06. The minimum absolute atomic E-state index is 0.00874. The molecule has 3 rings (SSSR count). The zero-order chi connectivity index (χ0) is 20.1. The fourth-order valence-corrected chi connectivity index (χ4v) is 2.80. The van der Waals surface area contributed by atoms with Crippen LogP contribution >= 0.6 is 0 Å². The van der Waals surface area contributed by atoms with E-state index in [9.17, 15) is 19.2 Å². The second kappa shape index (κ2) is 8.34. The average Bonchev–Trinajstić information content (AvgIpc) is 2.95. The largest absolute Gasteiger partial charge is 0.478 e.